The van der Waals surface area contributed by atoms with Gasteiger partial charge in [0.25, 0.3) is 0 Å². The maximum absolute atomic E-state index is 10.6. The third-order valence-corrected chi connectivity index (χ3v) is 0.544. The summed E-state index contributed by atoms with van der Waals surface area (Å²) in [6.45, 7) is 0. The van der Waals surface area contributed by atoms with Crippen molar-refractivity contribution in [3.05, 3.63) is 4.91 Å². The van der Waals surface area contributed by atoms with E-state index in [2.05, 4.69) is 0 Å². The molecule has 0 saturated heterocycles. The number of nitrogens with zero attached hydrogens (tertiary/aromatic N) is 1. The van der Waals surface area contributed by atoms with Crippen molar-refractivity contribution in [2.75, 3.05) is 0 Å². The molecule has 0 bridgehead atoms. The Morgan fingerprint density at radius 2 is 1.71 bits per heavy atom. The highest BCUT2D eigenvalue weighted by atomic mass is 32.2. The lowest BCUT2D eigenvalue weighted by atomic mass is 13.6. The summed E-state index contributed by atoms with van der Waals surface area (Å²) < 4.78 is 34.2. The molecule has 5 nitrogen and oxygen atoms in total. The van der Waals surface area contributed by atoms with Gasteiger partial charge in [-0.15, -0.1) is 8.42 Å². The Hall–Kier alpha value is -0.560. The van der Waals surface area contributed by atoms with Crippen LogP contribution < -0.4 is 0 Å². The van der Waals surface area contributed by atoms with Gasteiger partial charge in [0, 0.05) is 0 Å². The van der Waals surface area contributed by atoms with Crippen LogP contribution in [0.4, 0.5) is 4.48 Å². The molecule has 7 heteroatoms. The van der Waals surface area contributed by atoms with Gasteiger partial charge in [0.1, 0.15) is 0 Å². The summed E-state index contributed by atoms with van der Waals surface area (Å²) in [5.41, 5.74) is 0. The van der Waals surface area contributed by atoms with Crippen molar-refractivity contribution >= 4 is 10.3 Å². The molecule has 0 spiro atoms. The zero-order valence-corrected chi connectivity index (χ0v) is 3.72. The molecule has 0 rings (SSSR count). The molecule has 0 aromatic heterocycles. The van der Waals surface area contributed by atoms with Crippen LogP contribution >= 0.6 is 0 Å². The van der Waals surface area contributed by atoms with E-state index in [-0.39, 0.29) is 0 Å². The second-order valence-electron chi connectivity index (χ2n) is 0.660. The average Bonchev–Trinajstić information content (AvgIpc) is 1.31. The van der Waals surface area contributed by atoms with Crippen LogP contribution in [0, 0.1) is 4.91 Å². The summed E-state index contributed by atoms with van der Waals surface area (Å²) in [5.74, 6) is 0. The van der Waals surface area contributed by atoms with Gasteiger partial charge < -0.3 is 0 Å². The van der Waals surface area contributed by atoms with Crippen LogP contribution in [-0.2, 0) is 10.3 Å². The van der Waals surface area contributed by atoms with Gasteiger partial charge in [0.2, 0.25) is 0 Å². The molecule has 0 radical (unpaired) electrons. The first-order valence-electron chi connectivity index (χ1n) is 1.05. The number of nitroso groups, excluding NO2 is 1. The minimum Gasteiger partial charge on any atom is -0.227 e. The van der Waals surface area contributed by atoms with E-state index in [0.29, 0.717) is 0 Å². The summed E-state index contributed by atoms with van der Waals surface area (Å²) in [6, 6.07) is 0. The van der Waals surface area contributed by atoms with Crippen LogP contribution in [-0.4, -0.2) is 17.4 Å². The van der Waals surface area contributed by atoms with E-state index < -0.39 is 14.7 Å². The highest BCUT2D eigenvalue weighted by Gasteiger charge is 2.27. The largest absolute Gasteiger partial charge is 0.599 e. The third kappa shape index (κ3) is 2.18. The fraction of sp³-hybridized carbons (Fsp3) is 0. The topological polar surface area (TPSA) is 74.5 Å². The van der Waals surface area contributed by atoms with Gasteiger partial charge in [0.05, 0.1) is 4.91 Å². The monoisotopic (exact) mass is 130 g/mol. The number of hydrogen-bond donors (Lipinski definition) is 1. The lowest BCUT2D eigenvalue weighted by Crippen LogP contribution is -2.06. The smallest absolute Gasteiger partial charge is 0.227 e. The number of hydrogen-bond acceptors (Lipinski definition) is 3. The van der Waals surface area contributed by atoms with Crippen LogP contribution in [0.5, 0.6) is 0 Å². The Kier molecular flexibility index (Phi) is 1.39. The van der Waals surface area contributed by atoms with Gasteiger partial charge in [0.15, 0.2) is 4.48 Å². The minimum absolute atomic E-state index is 2.03. The molecule has 1 N–H and O–H groups in total. The SMILES string of the molecule is O=[N+](F)S(=O)(=O)O. The maximum atomic E-state index is 10.6. The van der Waals surface area contributed by atoms with Crippen molar-refractivity contribution in [1.29, 1.82) is 0 Å². The number of halogens is 1. The van der Waals surface area contributed by atoms with Crippen molar-refractivity contribution in [1.82, 2.24) is 0 Å². The summed E-state index contributed by atoms with van der Waals surface area (Å²) in [4.78, 5) is 8.88. The first kappa shape index (κ1) is 6.44. The summed E-state index contributed by atoms with van der Waals surface area (Å²) in [6.07, 6.45) is 0. The van der Waals surface area contributed by atoms with E-state index >= 15 is 0 Å². The van der Waals surface area contributed by atoms with E-state index in [1.165, 1.54) is 0 Å². The van der Waals surface area contributed by atoms with Crippen LogP contribution in [0.2, 0.25) is 0 Å². The Bertz CT molecular complexity index is 166. The van der Waals surface area contributed by atoms with E-state index in [9.17, 15) is 4.48 Å². The third-order valence-electron chi connectivity index (χ3n) is 0.181. The van der Waals surface area contributed by atoms with Crippen molar-refractivity contribution in [2.24, 2.45) is 0 Å². The molecular formula is HFNO4S+. The fourth-order valence-electron chi connectivity index (χ4n) is 0. The average molecular weight is 130 g/mol. The second kappa shape index (κ2) is 1.51. The number of rotatable bonds is 1. The van der Waals surface area contributed by atoms with Gasteiger partial charge in [-0.1, -0.05) is 0 Å². The Labute approximate surface area is 38.1 Å². The molecule has 0 fully saturated rings. The minimum atomic E-state index is -5.13. The van der Waals surface area contributed by atoms with E-state index in [4.69, 9.17) is 17.9 Å². The van der Waals surface area contributed by atoms with Crippen LogP contribution in [0.25, 0.3) is 0 Å². The predicted molar refractivity (Wildman–Crippen MR) is 16.3 cm³/mol. The molecule has 0 aromatic rings. The maximum Gasteiger partial charge on any atom is 0.599 e. The molecule has 0 aromatic carbocycles. The van der Waals surface area contributed by atoms with Crippen molar-refractivity contribution < 1.29 is 21.8 Å². The molecule has 0 amide bonds. The molecule has 42 valence electrons. The molecule has 0 atom stereocenters. The van der Waals surface area contributed by atoms with Crippen molar-refractivity contribution in [2.45, 2.75) is 0 Å². The standard InChI is InChI=1S/FNO4S/c1-2(3)7(4,5)6/p+1. The highest BCUT2D eigenvalue weighted by molar-refractivity contribution is 7.79. The fourth-order valence-corrected chi connectivity index (χ4v) is 0. The van der Waals surface area contributed by atoms with Crippen LogP contribution in [0.1, 0.15) is 0 Å². The molecule has 0 saturated carbocycles. The van der Waals surface area contributed by atoms with E-state index in [0.717, 1.165) is 0 Å². The molecule has 0 heterocycles. The van der Waals surface area contributed by atoms with Gasteiger partial charge >= 0.3 is 14.7 Å². The van der Waals surface area contributed by atoms with Crippen molar-refractivity contribution in [3.63, 3.8) is 0 Å². The molecule has 0 unspecified atom stereocenters. The van der Waals surface area contributed by atoms with E-state index in [1.54, 1.807) is 0 Å². The van der Waals surface area contributed by atoms with E-state index in [1.807, 2.05) is 0 Å². The normalized spacial score (nSPS) is 11.1. The first-order chi connectivity index (χ1) is 2.94. The van der Waals surface area contributed by atoms with Crippen LogP contribution in [0.3, 0.4) is 0 Å². The van der Waals surface area contributed by atoms with Gasteiger partial charge in [-0.05, 0) is 0 Å². The van der Waals surface area contributed by atoms with Gasteiger partial charge in [-0.3, -0.25) is 0 Å². The summed E-state index contributed by atoms with van der Waals surface area (Å²) in [7, 11) is -5.13. The molecule has 7 heavy (non-hydrogen) atoms. The van der Waals surface area contributed by atoms with Gasteiger partial charge in [-0.25, -0.2) is 4.55 Å². The Morgan fingerprint density at radius 1 is 1.57 bits per heavy atom. The molecule has 0 aliphatic carbocycles. The Morgan fingerprint density at radius 3 is 1.71 bits per heavy atom. The molecule has 0 aliphatic rings. The summed E-state index contributed by atoms with van der Waals surface area (Å²) in [5, 5.41) is 0. The zero-order chi connectivity index (χ0) is 6.08. The molecular weight excluding hydrogens is 129 g/mol. The highest BCUT2D eigenvalue weighted by Crippen LogP contribution is 1.81. The van der Waals surface area contributed by atoms with Crippen molar-refractivity contribution in [3.8, 4) is 0 Å². The zero-order valence-electron chi connectivity index (χ0n) is 2.91. The quantitative estimate of drug-likeness (QED) is 0.381. The Balaban J connectivity index is 4.43. The molecule has 0 aliphatic heterocycles. The second-order valence-corrected chi connectivity index (χ2v) is 1.84. The lowest BCUT2D eigenvalue weighted by Gasteiger charge is -1.63. The summed E-state index contributed by atoms with van der Waals surface area (Å²) >= 11 is 0. The first-order valence-corrected chi connectivity index (χ1v) is 2.45. The van der Waals surface area contributed by atoms with Crippen LogP contribution in [0.15, 0.2) is 0 Å². The van der Waals surface area contributed by atoms with Gasteiger partial charge in [-0.2, -0.15) is 0 Å². The lowest BCUT2D eigenvalue weighted by molar-refractivity contribution is -0.602. The predicted octanol–water partition coefficient (Wildman–Crippen LogP) is -0.547.